The van der Waals surface area contributed by atoms with Crippen LogP contribution in [-0.2, 0) is 6.42 Å². The van der Waals surface area contributed by atoms with Gasteiger partial charge in [-0.05, 0) is 27.3 Å². The first-order valence-electron chi connectivity index (χ1n) is 6.10. The molecule has 0 spiro atoms. The molecule has 0 aliphatic carbocycles. The van der Waals surface area contributed by atoms with Crippen LogP contribution in [0.4, 0.5) is 5.82 Å². The maximum Gasteiger partial charge on any atom is 0.195 e. The molecule has 2 N–H and O–H groups in total. The van der Waals surface area contributed by atoms with Crippen LogP contribution in [0.1, 0.15) is 26.5 Å². The summed E-state index contributed by atoms with van der Waals surface area (Å²) in [5.41, 5.74) is 6.95. The molecule has 2 aromatic heterocycles. The van der Waals surface area contributed by atoms with E-state index >= 15 is 0 Å². The Morgan fingerprint density at radius 2 is 2.29 bits per heavy atom. The van der Waals surface area contributed by atoms with Crippen molar-refractivity contribution in [3.05, 3.63) is 17.3 Å². The highest BCUT2D eigenvalue weighted by molar-refractivity contribution is 7.15. The molecule has 2 aromatic rings. The van der Waals surface area contributed by atoms with Gasteiger partial charge in [0.25, 0.3) is 0 Å². The number of thiazole rings is 1. The fourth-order valence-corrected chi connectivity index (χ4v) is 2.91. The lowest BCUT2D eigenvalue weighted by atomic mass is 10.2. The normalized spacial score (nSPS) is 11.6. The van der Waals surface area contributed by atoms with Gasteiger partial charge in [0.05, 0.1) is 5.69 Å². The number of nitrogens with two attached hydrogens (primary N) is 1. The van der Waals surface area contributed by atoms with E-state index in [1.165, 1.54) is 5.69 Å². The zero-order chi connectivity index (χ0) is 12.4. The Kier molecular flexibility index (Phi) is 3.69. The van der Waals surface area contributed by atoms with E-state index in [1.54, 1.807) is 11.3 Å². The van der Waals surface area contributed by atoms with Crippen LogP contribution in [0.25, 0.3) is 4.96 Å². The number of hydrogen-bond acceptors (Lipinski definition) is 4. The van der Waals surface area contributed by atoms with E-state index < -0.39 is 0 Å². The van der Waals surface area contributed by atoms with Crippen molar-refractivity contribution in [2.75, 3.05) is 18.0 Å². The first-order chi connectivity index (χ1) is 8.19. The van der Waals surface area contributed by atoms with Crippen molar-refractivity contribution < 1.29 is 0 Å². The van der Waals surface area contributed by atoms with Crippen molar-refractivity contribution in [1.82, 2.24) is 9.38 Å². The third kappa shape index (κ3) is 2.17. The Balaban J connectivity index is 2.50. The van der Waals surface area contributed by atoms with Crippen LogP contribution in [0.5, 0.6) is 0 Å². The second-order valence-corrected chi connectivity index (χ2v) is 5.23. The van der Waals surface area contributed by atoms with Crippen LogP contribution in [0.15, 0.2) is 11.6 Å². The highest BCUT2D eigenvalue weighted by Crippen LogP contribution is 2.26. The topological polar surface area (TPSA) is 46.6 Å². The maximum atomic E-state index is 5.71. The van der Waals surface area contributed by atoms with Crippen molar-refractivity contribution in [2.24, 2.45) is 5.73 Å². The van der Waals surface area contributed by atoms with Gasteiger partial charge in [-0.1, -0.05) is 0 Å². The molecule has 2 rings (SSSR count). The van der Waals surface area contributed by atoms with E-state index in [4.69, 9.17) is 10.7 Å². The predicted octanol–water partition coefficient (Wildman–Crippen LogP) is 2.13. The van der Waals surface area contributed by atoms with E-state index in [1.807, 2.05) is 0 Å². The largest absolute Gasteiger partial charge is 0.353 e. The van der Waals surface area contributed by atoms with Gasteiger partial charge in [-0.25, -0.2) is 4.98 Å². The monoisotopic (exact) mass is 252 g/mol. The van der Waals surface area contributed by atoms with Crippen LogP contribution in [0.3, 0.4) is 0 Å². The van der Waals surface area contributed by atoms with Gasteiger partial charge in [0.15, 0.2) is 10.8 Å². The van der Waals surface area contributed by atoms with E-state index in [9.17, 15) is 0 Å². The third-order valence-corrected chi connectivity index (χ3v) is 3.71. The summed E-state index contributed by atoms with van der Waals surface area (Å²) in [6.45, 7) is 8.19. The molecule has 0 aromatic carbocycles. The first kappa shape index (κ1) is 12.4. The lowest BCUT2D eigenvalue weighted by Crippen LogP contribution is -2.31. The van der Waals surface area contributed by atoms with Crippen molar-refractivity contribution in [1.29, 1.82) is 0 Å². The fraction of sp³-hybridized carbons (Fsp3) is 0.583. The lowest BCUT2D eigenvalue weighted by Gasteiger charge is -2.26. The van der Waals surface area contributed by atoms with Crippen LogP contribution >= 0.6 is 11.3 Å². The number of anilines is 1. The highest BCUT2D eigenvalue weighted by Gasteiger charge is 2.19. The molecule has 0 bridgehead atoms. The average molecular weight is 252 g/mol. The van der Waals surface area contributed by atoms with Crippen LogP contribution in [-0.4, -0.2) is 28.5 Å². The number of aromatic nitrogens is 2. The summed E-state index contributed by atoms with van der Waals surface area (Å²) in [5.74, 6) is 1.10. The molecule has 0 unspecified atom stereocenters. The van der Waals surface area contributed by atoms with Gasteiger partial charge < -0.3 is 10.6 Å². The molecule has 0 fully saturated rings. The quantitative estimate of drug-likeness (QED) is 0.886. The molecule has 5 heteroatoms. The minimum Gasteiger partial charge on any atom is -0.353 e. The number of fused-ring (bicyclic) bond motifs is 1. The van der Waals surface area contributed by atoms with Gasteiger partial charge >= 0.3 is 0 Å². The van der Waals surface area contributed by atoms with E-state index in [2.05, 4.69) is 41.6 Å². The smallest absolute Gasteiger partial charge is 0.195 e. The molecule has 2 heterocycles. The van der Waals surface area contributed by atoms with Crippen LogP contribution in [0, 0.1) is 0 Å². The van der Waals surface area contributed by atoms with Gasteiger partial charge in [0.2, 0.25) is 0 Å². The molecule has 0 amide bonds. The first-order valence-corrected chi connectivity index (χ1v) is 6.98. The molecular formula is C12H20N4S. The van der Waals surface area contributed by atoms with Gasteiger partial charge in [0.1, 0.15) is 0 Å². The molecule has 0 radical (unpaired) electrons. The average Bonchev–Trinajstić information content (AvgIpc) is 2.83. The third-order valence-electron chi connectivity index (χ3n) is 2.96. The van der Waals surface area contributed by atoms with Crippen LogP contribution in [0.2, 0.25) is 0 Å². The summed E-state index contributed by atoms with van der Waals surface area (Å²) in [7, 11) is 0. The lowest BCUT2D eigenvalue weighted by molar-refractivity contribution is 0.689. The van der Waals surface area contributed by atoms with Gasteiger partial charge in [-0.3, -0.25) is 4.40 Å². The Bertz CT molecular complexity index is 486. The zero-order valence-corrected chi connectivity index (χ0v) is 11.5. The molecule has 94 valence electrons. The van der Waals surface area contributed by atoms with Crippen molar-refractivity contribution in [3.8, 4) is 0 Å². The molecule has 4 nitrogen and oxygen atoms in total. The van der Waals surface area contributed by atoms with Crippen molar-refractivity contribution >= 4 is 22.1 Å². The summed E-state index contributed by atoms with van der Waals surface area (Å²) >= 11 is 1.67. The minimum absolute atomic E-state index is 0.459. The number of rotatable bonds is 5. The van der Waals surface area contributed by atoms with E-state index in [0.29, 0.717) is 12.6 Å². The predicted molar refractivity (Wildman–Crippen MR) is 74.0 cm³/mol. The summed E-state index contributed by atoms with van der Waals surface area (Å²) in [6.07, 6.45) is 2.95. The second-order valence-electron chi connectivity index (χ2n) is 4.36. The summed E-state index contributed by atoms with van der Waals surface area (Å²) < 4.78 is 2.16. The molecule has 0 saturated carbocycles. The van der Waals surface area contributed by atoms with Gasteiger partial charge in [-0.2, -0.15) is 0 Å². The minimum atomic E-state index is 0.459. The Labute approximate surface area is 106 Å². The summed E-state index contributed by atoms with van der Waals surface area (Å²) in [5, 5.41) is 2.07. The number of imidazole rings is 1. The summed E-state index contributed by atoms with van der Waals surface area (Å²) in [6, 6.07) is 0.459. The Morgan fingerprint density at radius 1 is 1.53 bits per heavy atom. The number of nitrogens with zero attached hydrogens (tertiary/aromatic N) is 3. The standard InChI is InChI=1S/C12H20N4S/c1-4-15(9(2)3)11-10(5-6-13)16-7-8-17-12(16)14-11/h7-9H,4-6,13H2,1-3H3. The molecule has 0 saturated heterocycles. The molecule has 0 aliphatic rings. The summed E-state index contributed by atoms with van der Waals surface area (Å²) in [4.78, 5) is 8.12. The number of hydrogen-bond donors (Lipinski definition) is 1. The maximum absolute atomic E-state index is 5.71. The SMILES string of the molecule is CCN(c1nc2sccn2c1CCN)C(C)C. The van der Waals surface area contributed by atoms with Crippen molar-refractivity contribution in [3.63, 3.8) is 0 Å². The van der Waals surface area contributed by atoms with Crippen LogP contribution < -0.4 is 10.6 Å². The van der Waals surface area contributed by atoms with E-state index in [-0.39, 0.29) is 0 Å². The molecule has 17 heavy (non-hydrogen) atoms. The van der Waals surface area contributed by atoms with Gasteiger partial charge in [0, 0.05) is 30.6 Å². The van der Waals surface area contributed by atoms with Crippen molar-refractivity contribution in [2.45, 2.75) is 33.2 Å². The molecule has 0 atom stereocenters. The van der Waals surface area contributed by atoms with Gasteiger partial charge in [-0.15, -0.1) is 11.3 Å². The fourth-order valence-electron chi connectivity index (χ4n) is 2.18. The molecule has 0 aliphatic heterocycles. The van der Waals surface area contributed by atoms with E-state index in [0.717, 1.165) is 23.7 Å². The highest BCUT2D eigenvalue weighted by atomic mass is 32.1. The zero-order valence-electron chi connectivity index (χ0n) is 10.7. The molecular weight excluding hydrogens is 232 g/mol. The Morgan fingerprint density at radius 3 is 2.88 bits per heavy atom. The Hall–Kier alpha value is -1.07. The second kappa shape index (κ2) is 5.06.